The molecule has 1 heteroatoms. The maximum Gasteiger partial charge on any atom is 0.0113 e. The smallest absolute Gasteiger partial charge is 0.0113 e. The van der Waals surface area contributed by atoms with Gasteiger partial charge in [0.05, 0.1) is 0 Å². The fourth-order valence-electron chi connectivity index (χ4n) is 1.86. The second-order valence-electron chi connectivity index (χ2n) is 4.33. The molecule has 0 fully saturated rings. The zero-order valence-corrected chi connectivity index (χ0v) is 9.33. The molecule has 0 aromatic heterocycles. The topological polar surface area (TPSA) is 26.0 Å². The summed E-state index contributed by atoms with van der Waals surface area (Å²) < 4.78 is 0. The van der Waals surface area contributed by atoms with E-state index in [0.29, 0.717) is 5.92 Å². The van der Waals surface area contributed by atoms with E-state index >= 15 is 0 Å². The summed E-state index contributed by atoms with van der Waals surface area (Å²) >= 11 is 0. The summed E-state index contributed by atoms with van der Waals surface area (Å²) in [6.45, 7) is 4.28. The molecular formula is C14H17N. The molecule has 1 aromatic rings. The van der Waals surface area contributed by atoms with Crippen molar-refractivity contribution in [1.29, 1.82) is 0 Å². The minimum Gasteiger partial charge on any atom is -0.402 e. The van der Waals surface area contributed by atoms with Crippen LogP contribution in [0, 0.1) is 12.8 Å². The van der Waals surface area contributed by atoms with Gasteiger partial charge in [0.2, 0.25) is 0 Å². The summed E-state index contributed by atoms with van der Waals surface area (Å²) in [5.41, 5.74) is 10.9. The van der Waals surface area contributed by atoms with Gasteiger partial charge in [-0.1, -0.05) is 42.8 Å². The molecule has 2 N–H and O–H groups in total. The third kappa shape index (κ3) is 2.12. The first kappa shape index (κ1) is 10.0. The highest BCUT2D eigenvalue weighted by Gasteiger charge is 2.13. The van der Waals surface area contributed by atoms with Crippen LogP contribution in [-0.4, -0.2) is 0 Å². The molecule has 15 heavy (non-hydrogen) atoms. The quantitative estimate of drug-likeness (QED) is 0.738. The van der Waals surface area contributed by atoms with Crippen LogP contribution in [0.2, 0.25) is 0 Å². The van der Waals surface area contributed by atoms with Crippen LogP contribution in [0.4, 0.5) is 0 Å². The maximum absolute atomic E-state index is 5.86. The zero-order chi connectivity index (χ0) is 10.8. The van der Waals surface area contributed by atoms with Crippen molar-refractivity contribution in [3.8, 4) is 0 Å². The summed E-state index contributed by atoms with van der Waals surface area (Å²) in [5, 5.41) is 0. The number of hydrogen-bond acceptors (Lipinski definition) is 1. The predicted octanol–water partition coefficient (Wildman–Crippen LogP) is 3.26. The van der Waals surface area contributed by atoms with Gasteiger partial charge in [-0.2, -0.15) is 0 Å². The molecule has 0 heterocycles. The summed E-state index contributed by atoms with van der Waals surface area (Å²) in [5.74, 6) is 0.464. The Hall–Kier alpha value is -1.50. The van der Waals surface area contributed by atoms with E-state index in [1.54, 1.807) is 0 Å². The lowest BCUT2D eigenvalue weighted by molar-refractivity contribution is 0.688. The summed E-state index contributed by atoms with van der Waals surface area (Å²) in [7, 11) is 0. The molecule has 0 saturated heterocycles. The first-order chi connectivity index (χ1) is 7.16. The molecule has 0 spiro atoms. The van der Waals surface area contributed by atoms with Gasteiger partial charge in [-0.05, 0) is 36.5 Å². The largest absolute Gasteiger partial charge is 0.402 e. The number of aryl methyl sites for hydroxylation is 1. The summed E-state index contributed by atoms with van der Waals surface area (Å²) in [4.78, 5) is 0. The van der Waals surface area contributed by atoms with Crippen molar-refractivity contribution in [3.63, 3.8) is 0 Å². The molecule has 2 rings (SSSR count). The first-order valence-electron chi connectivity index (χ1n) is 5.40. The molecule has 0 bridgehead atoms. The van der Waals surface area contributed by atoms with Gasteiger partial charge in [0.1, 0.15) is 0 Å². The van der Waals surface area contributed by atoms with Crippen LogP contribution in [-0.2, 0) is 0 Å². The molecule has 78 valence electrons. The lowest BCUT2D eigenvalue weighted by Crippen LogP contribution is -2.11. The van der Waals surface area contributed by atoms with Crippen molar-refractivity contribution in [2.75, 3.05) is 0 Å². The van der Waals surface area contributed by atoms with Crippen molar-refractivity contribution in [3.05, 3.63) is 53.2 Å². The van der Waals surface area contributed by atoms with Crippen LogP contribution in [0.5, 0.6) is 0 Å². The average Bonchev–Trinajstić information content (AvgIpc) is 2.23. The average molecular weight is 199 g/mol. The van der Waals surface area contributed by atoms with Gasteiger partial charge in [-0.3, -0.25) is 0 Å². The molecule has 0 radical (unpaired) electrons. The third-order valence-corrected chi connectivity index (χ3v) is 2.99. The zero-order valence-electron chi connectivity index (χ0n) is 9.33. The molecule has 1 unspecified atom stereocenters. The van der Waals surface area contributed by atoms with E-state index in [4.69, 9.17) is 5.73 Å². The fraction of sp³-hybridized carbons (Fsp3) is 0.286. The fourth-order valence-corrected chi connectivity index (χ4v) is 1.86. The van der Waals surface area contributed by atoms with Crippen LogP contribution in [0.1, 0.15) is 24.5 Å². The Morgan fingerprint density at radius 3 is 2.40 bits per heavy atom. The Kier molecular flexibility index (Phi) is 2.63. The van der Waals surface area contributed by atoms with Crippen molar-refractivity contribution in [2.45, 2.75) is 20.3 Å². The van der Waals surface area contributed by atoms with Crippen LogP contribution in [0.3, 0.4) is 0 Å². The Labute approximate surface area is 91.3 Å². The van der Waals surface area contributed by atoms with Crippen molar-refractivity contribution < 1.29 is 0 Å². The molecule has 0 saturated carbocycles. The summed E-state index contributed by atoms with van der Waals surface area (Å²) in [6.07, 6.45) is 5.22. The van der Waals surface area contributed by atoms with E-state index < -0.39 is 0 Å². The van der Waals surface area contributed by atoms with Crippen LogP contribution in [0.15, 0.2) is 42.1 Å². The Morgan fingerprint density at radius 2 is 1.80 bits per heavy atom. The SMILES string of the molecule is Cc1ccc(C2=CC=C(N)C(C)C2)cc1. The minimum absolute atomic E-state index is 0.464. The van der Waals surface area contributed by atoms with Gasteiger partial charge < -0.3 is 5.73 Å². The van der Waals surface area contributed by atoms with Gasteiger partial charge in [0, 0.05) is 5.70 Å². The monoisotopic (exact) mass is 199 g/mol. The summed E-state index contributed by atoms with van der Waals surface area (Å²) in [6, 6.07) is 8.68. The number of rotatable bonds is 1. The molecule has 1 aliphatic carbocycles. The Balaban J connectivity index is 2.29. The van der Waals surface area contributed by atoms with Crippen molar-refractivity contribution in [1.82, 2.24) is 0 Å². The van der Waals surface area contributed by atoms with Gasteiger partial charge in [0.25, 0.3) is 0 Å². The van der Waals surface area contributed by atoms with Gasteiger partial charge in [-0.25, -0.2) is 0 Å². The van der Waals surface area contributed by atoms with Gasteiger partial charge >= 0.3 is 0 Å². The highest BCUT2D eigenvalue weighted by atomic mass is 14.6. The predicted molar refractivity (Wildman–Crippen MR) is 65.2 cm³/mol. The van der Waals surface area contributed by atoms with Crippen LogP contribution in [0.25, 0.3) is 5.57 Å². The van der Waals surface area contributed by atoms with E-state index in [0.717, 1.165) is 12.1 Å². The number of hydrogen-bond donors (Lipinski definition) is 1. The second kappa shape index (κ2) is 3.93. The lowest BCUT2D eigenvalue weighted by Gasteiger charge is -2.19. The van der Waals surface area contributed by atoms with E-state index in [9.17, 15) is 0 Å². The normalized spacial score (nSPS) is 20.8. The van der Waals surface area contributed by atoms with E-state index in [-0.39, 0.29) is 0 Å². The minimum atomic E-state index is 0.464. The molecular weight excluding hydrogens is 182 g/mol. The molecule has 1 aliphatic rings. The Bertz CT molecular complexity index is 409. The maximum atomic E-state index is 5.86. The van der Waals surface area contributed by atoms with Crippen LogP contribution < -0.4 is 5.73 Å². The van der Waals surface area contributed by atoms with E-state index in [2.05, 4.69) is 44.2 Å². The number of allylic oxidation sites excluding steroid dienone is 4. The standard InChI is InChI=1S/C14H17N/c1-10-3-5-12(6-4-10)13-7-8-14(15)11(2)9-13/h3-8,11H,9,15H2,1-2H3. The van der Waals surface area contributed by atoms with Crippen LogP contribution >= 0.6 is 0 Å². The van der Waals surface area contributed by atoms with Gasteiger partial charge in [-0.15, -0.1) is 0 Å². The second-order valence-corrected chi connectivity index (χ2v) is 4.33. The van der Waals surface area contributed by atoms with Gasteiger partial charge in [0.15, 0.2) is 0 Å². The highest BCUT2D eigenvalue weighted by Crippen LogP contribution is 2.28. The Morgan fingerprint density at radius 1 is 1.13 bits per heavy atom. The number of nitrogens with two attached hydrogens (primary N) is 1. The van der Waals surface area contributed by atoms with Crippen molar-refractivity contribution in [2.24, 2.45) is 11.7 Å². The molecule has 1 atom stereocenters. The highest BCUT2D eigenvalue weighted by molar-refractivity contribution is 5.69. The van der Waals surface area contributed by atoms with Crippen molar-refractivity contribution >= 4 is 5.57 Å². The first-order valence-corrected chi connectivity index (χ1v) is 5.40. The third-order valence-electron chi connectivity index (χ3n) is 2.99. The molecule has 1 aromatic carbocycles. The van der Waals surface area contributed by atoms with E-state index in [1.807, 2.05) is 6.08 Å². The number of benzene rings is 1. The molecule has 0 aliphatic heterocycles. The lowest BCUT2D eigenvalue weighted by atomic mass is 9.89. The molecule has 0 amide bonds. The van der Waals surface area contributed by atoms with E-state index in [1.165, 1.54) is 16.7 Å². The molecule has 1 nitrogen and oxygen atoms in total.